The van der Waals surface area contributed by atoms with E-state index in [1.54, 1.807) is 30.3 Å². The van der Waals surface area contributed by atoms with Crippen LogP contribution in [-0.4, -0.2) is 31.4 Å². The van der Waals surface area contributed by atoms with Gasteiger partial charge in [0.2, 0.25) is 0 Å². The van der Waals surface area contributed by atoms with Gasteiger partial charge in [-0.15, -0.1) is 0 Å². The molecule has 1 aromatic heterocycles. The van der Waals surface area contributed by atoms with Crippen LogP contribution in [0.5, 0.6) is 5.75 Å². The average molecular weight is 469 g/mol. The second kappa shape index (κ2) is 8.81. The van der Waals surface area contributed by atoms with E-state index >= 15 is 0 Å². The van der Waals surface area contributed by atoms with Crippen molar-refractivity contribution in [1.29, 1.82) is 0 Å². The van der Waals surface area contributed by atoms with Crippen LogP contribution in [0.2, 0.25) is 5.02 Å². The smallest absolute Gasteiger partial charge is 0.275 e. The first-order valence-electron chi connectivity index (χ1n) is 9.35. The van der Waals surface area contributed by atoms with Gasteiger partial charge in [0.05, 0.1) is 24.3 Å². The first kappa shape index (κ1) is 21.5. The summed E-state index contributed by atoms with van der Waals surface area (Å²) in [6.07, 6.45) is 1.36. The van der Waals surface area contributed by atoms with E-state index in [2.05, 4.69) is 20.0 Å². The third-order valence-corrected chi connectivity index (χ3v) is 6.14. The Morgan fingerprint density at radius 1 is 0.969 bits per heavy atom. The van der Waals surface area contributed by atoms with Crippen LogP contribution in [0.1, 0.15) is 10.5 Å². The van der Waals surface area contributed by atoms with Gasteiger partial charge in [-0.05, 0) is 54.6 Å². The van der Waals surface area contributed by atoms with Crippen molar-refractivity contribution in [3.8, 4) is 5.75 Å². The number of sulfonamides is 1. The zero-order chi connectivity index (χ0) is 22.7. The number of nitrogens with one attached hydrogen (secondary N) is 2. The quantitative estimate of drug-likeness (QED) is 0.435. The lowest BCUT2D eigenvalue weighted by molar-refractivity contribution is 0.102. The van der Waals surface area contributed by atoms with Gasteiger partial charge in [-0.25, -0.2) is 13.4 Å². The van der Waals surface area contributed by atoms with Crippen LogP contribution >= 0.6 is 11.6 Å². The number of amides is 1. The number of carbonyl (C=O) groups excluding carboxylic acids is 1. The molecule has 0 radical (unpaired) electrons. The van der Waals surface area contributed by atoms with E-state index in [1.165, 1.54) is 43.6 Å². The van der Waals surface area contributed by atoms with E-state index in [1.807, 2.05) is 6.07 Å². The molecule has 162 valence electrons. The maximum absolute atomic E-state index is 13.0. The number of benzene rings is 3. The number of aromatic nitrogens is 2. The number of hydrogen-bond acceptors (Lipinski definition) is 6. The minimum Gasteiger partial charge on any atom is -0.495 e. The Bertz CT molecular complexity index is 1410. The van der Waals surface area contributed by atoms with Crippen molar-refractivity contribution in [3.05, 3.63) is 83.6 Å². The van der Waals surface area contributed by atoms with Gasteiger partial charge in [-0.2, -0.15) is 0 Å². The van der Waals surface area contributed by atoms with E-state index in [0.717, 1.165) is 0 Å². The van der Waals surface area contributed by atoms with Crippen LogP contribution in [0, 0.1) is 0 Å². The summed E-state index contributed by atoms with van der Waals surface area (Å²) >= 11 is 5.85. The number of methoxy groups -OCH3 is 1. The third-order valence-electron chi connectivity index (χ3n) is 4.49. The Balaban J connectivity index is 1.62. The van der Waals surface area contributed by atoms with E-state index in [-0.39, 0.29) is 22.0 Å². The molecule has 32 heavy (non-hydrogen) atoms. The van der Waals surface area contributed by atoms with Crippen molar-refractivity contribution in [1.82, 2.24) is 9.97 Å². The summed E-state index contributed by atoms with van der Waals surface area (Å²) in [6, 6.07) is 17.7. The molecule has 1 amide bonds. The molecule has 8 nitrogen and oxygen atoms in total. The first-order valence-corrected chi connectivity index (χ1v) is 11.2. The average Bonchev–Trinajstić information content (AvgIpc) is 2.80. The van der Waals surface area contributed by atoms with E-state index < -0.39 is 15.9 Å². The summed E-state index contributed by atoms with van der Waals surface area (Å²) < 4.78 is 33.6. The van der Waals surface area contributed by atoms with E-state index in [4.69, 9.17) is 16.3 Å². The number of halogens is 1. The van der Waals surface area contributed by atoms with Gasteiger partial charge in [0.25, 0.3) is 15.9 Å². The topological polar surface area (TPSA) is 110 Å². The highest BCUT2D eigenvalue weighted by Gasteiger charge is 2.21. The van der Waals surface area contributed by atoms with Crippen molar-refractivity contribution >= 4 is 49.9 Å². The lowest BCUT2D eigenvalue weighted by Gasteiger charge is -2.14. The van der Waals surface area contributed by atoms with Crippen LogP contribution in [0.3, 0.4) is 0 Å². The summed E-state index contributed by atoms with van der Waals surface area (Å²) in [6.45, 7) is 0. The highest BCUT2D eigenvalue weighted by atomic mass is 35.5. The standard InChI is InChI=1S/C22H17ClN4O4S/c1-31-20-11-10-16(12-21(20)32(29,30)27-15-8-6-14(23)7-9-15)25-22(28)19-13-24-17-4-2-3-5-18(17)26-19/h2-13,27H,1H3,(H,25,28). The van der Waals surface area contributed by atoms with Crippen molar-refractivity contribution in [2.75, 3.05) is 17.1 Å². The largest absolute Gasteiger partial charge is 0.495 e. The van der Waals surface area contributed by atoms with Crippen molar-refractivity contribution in [2.24, 2.45) is 0 Å². The monoisotopic (exact) mass is 468 g/mol. The zero-order valence-electron chi connectivity index (χ0n) is 16.7. The van der Waals surface area contributed by atoms with Crippen molar-refractivity contribution in [2.45, 2.75) is 4.90 Å². The molecule has 3 aromatic carbocycles. The third kappa shape index (κ3) is 4.63. The Morgan fingerprint density at radius 3 is 2.38 bits per heavy atom. The number of hydrogen-bond donors (Lipinski definition) is 2. The summed E-state index contributed by atoms with van der Waals surface area (Å²) in [5, 5.41) is 3.13. The number of fused-ring (bicyclic) bond motifs is 1. The molecule has 0 bridgehead atoms. The molecule has 0 atom stereocenters. The Labute approximate surface area is 189 Å². The molecule has 0 unspecified atom stereocenters. The summed E-state index contributed by atoms with van der Waals surface area (Å²) in [5.41, 5.74) is 1.92. The minimum atomic E-state index is -4.02. The molecule has 10 heteroatoms. The molecule has 0 saturated heterocycles. The number of nitrogens with zero attached hydrogens (tertiary/aromatic N) is 2. The molecule has 0 aliphatic rings. The predicted octanol–water partition coefficient (Wildman–Crippen LogP) is 4.34. The fraction of sp³-hybridized carbons (Fsp3) is 0.0455. The van der Waals surface area contributed by atoms with Gasteiger partial charge in [-0.1, -0.05) is 23.7 Å². The fourth-order valence-corrected chi connectivity index (χ4v) is 4.33. The number of anilines is 2. The van der Waals surface area contributed by atoms with Gasteiger partial charge in [0, 0.05) is 16.4 Å². The zero-order valence-corrected chi connectivity index (χ0v) is 18.3. The highest BCUT2D eigenvalue weighted by molar-refractivity contribution is 7.92. The van der Waals surface area contributed by atoms with Gasteiger partial charge in [0.1, 0.15) is 16.3 Å². The fourth-order valence-electron chi connectivity index (χ4n) is 2.95. The van der Waals surface area contributed by atoms with Gasteiger partial charge < -0.3 is 10.1 Å². The second-order valence-electron chi connectivity index (χ2n) is 6.68. The van der Waals surface area contributed by atoms with Crippen molar-refractivity contribution < 1.29 is 17.9 Å². The normalized spacial score (nSPS) is 11.2. The second-order valence-corrected chi connectivity index (χ2v) is 8.76. The maximum Gasteiger partial charge on any atom is 0.275 e. The SMILES string of the molecule is COc1ccc(NC(=O)c2cnc3ccccc3n2)cc1S(=O)(=O)Nc1ccc(Cl)cc1. The molecule has 0 fully saturated rings. The lowest BCUT2D eigenvalue weighted by atomic mass is 10.2. The highest BCUT2D eigenvalue weighted by Crippen LogP contribution is 2.29. The molecule has 4 aromatic rings. The molecular weight excluding hydrogens is 452 g/mol. The summed E-state index contributed by atoms with van der Waals surface area (Å²) in [5.74, 6) is -0.405. The van der Waals surface area contributed by atoms with E-state index in [9.17, 15) is 13.2 Å². The molecule has 0 aliphatic carbocycles. The number of carbonyl (C=O) groups is 1. The van der Waals surface area contributed by atoms with Crippen molar-refractivity contribution in [3.63, 3.8) is 0 Å². The predicted molar refractivity (Wildman–Crippen MR) is 123 cm³/mol. The minimum absolute atomic E-state index is 0.100. The molecule has 4 rings (SSSR count). The van der Waals surface area contributed by atoms with E-state index in [0.29, 0.717) is 21.7 Å². The molecule has 0 aliphatic heterocycles. The molecule has 1 heterocycles. The van der Waals surface area contributed by atoms with Crippen LogP contribution in [-0.2, 0) is 10.0 Å². The number of rotatable bonds is 6. The number of ether oxygens (including phenoxy) is 1. The Hall–Kier alpha value is -3.69. The lowest BCUT2D eigenvalue weighted by Crippen LogP contribution is -2.17. The molecule has 2 N–H and O–H groups in total. The summed E-state index contributed by atoms with van der Waals surface area (Å²) in [7, 11) is -2.66. The molecular formula is C22H17ClN4O4S. The Kier molecular flexibility index (Phi) is 5.93. The Morgan fingerprint density at radius 2 is 1.66 bits per heavy atom. The summed E-state index contributed by atoms with van der Waals surface area (Å²) in [4.78, 5) is 21.1. The van der Waals surface area contributed by atoms with Crippen LogP contribution < -0.4 is 14.8 Å². The van der Waals surface area contributed by atoms with Crippen LogP contribution in [0.25, 0.3) is 11.0 Å². The van der Waals surface area contributed by atoms with Gasteiger partial charge in [0.15, 0.2) is 0 Å². The van der Waals surface area contributed by atoms with Crippen LogP contribution in [0.15, 0.2) is 77.8 Å². The van der Waals surface area contributed by atoms with Gasteiger partial charge in [-0.3, -0.25) is 14.5 Å². The molecule has 0 saturated carbocycles. The number of para-hydroxylation sites is 2. The van der Waals surface area contributed by atoms with Gasteiger partial charge >= 0.3 is 0 Å². The van der Waals surface area contributed by atoms with Crippen LogP contribution in [0.4, 0.5) is 11.4 Å². The first-order chi connectivity index (χ1) is 15.4. The molecule has 0 spiro atoms. The maximum atomic E-state index is 13.0.